The number of nitrogens with two attached hydrogens (primary N) is 1. The van der Waals surface area contributed by atoms with Crippen molar-refractivity contribution in [2.24, 2.45) is 0 Å². The molecular formula is C13H18Cl2N2O3S. The zero-order valence-corrected chi connectivity index (χ0v) is 14.1. The van der Waals surface area contributed by atoms with Crippen LogP contribution in [0, 0.1) is 0 Å². The molecule has 0 aromatic heterocycles. The highest BCUT2D eigenvalue weighted by Crippen LogP contribution is 2.32. The molecule has 118 valence electrons. The Hall–Kier alpha value is -0.980. The van der Waals surface area contributed by atoms with Gasteiger partial charge in [0.15, 0.2) is 9.84 Å². The van der Waals surface area contributed by atoms with E-state index < -0.39 is 15.1 Å². The second-order valence-electron chi connectivity index (χ2n) is 4.92. The predicted octanol–water partition coefficient (Wildman–Crippen LogP) is 3.12. The molecule has 1 aromatic carbocycles. The van der Waals surface area contributed by atoms with E-state index in [4.69, 9.17) is 28.9 Å². The number of hydrogen-bond acceptors (Lipinski definition) is 4. The number of anilines is 2. The molecule has 0 radical (unpaired) electrons. The summed E-state index contributed by atoms with van der Waals surface area (Å²) in [7, 11) is -3.14. The Bertz CT molecular complexity index is 607. The molecule has 8 heteroatoms. The fraction of sp³-hybridized carbons (Fsp3) is 0.462. The quantitative estimate of drug-likeness (QED) is 0.769. The monoisotopic (exact) mass is 352 g/mol. The summed E-state index contributed by atoms with van der Waals surface area (Å²) in [6.07, 6.45) is 0.321. The van der Waals surface area contributed by atoms with Crippen molar-refractivity contribution in [2.45, 2.75) is 31.9 Å². The summed E-state index contributed by atoms with van der Waals surface area (Å²) in [5.74, 6) is -0.369. The Morgan fingerprint density at radius 3 is 2.48 bits per heavy atom. The molecule has 1 aromatic rings. The van der Waals surface area contributed by atoms with E-state index in [0.29, 0.717) is 5.02 Å². The normalized spacial score (nSPS) is 11.7. The van der Waals surface area contributed by atoms with Crippen molar-refractivity contribution in [3.8, 4) is 0 Å². The zero-order chi connectivity index (χ0) is 16.2. The van der Waals surface area contributed by atoms with Crippen LogP contribution in [0.3, 0.4) is 0 Å². The molecule has 0 heterocycles. The standard InChI is InChI=1S/C13H18Cl2N2O3S/c1-8(2)21(19,20)5-3-4-12(18)17-13-10(15)6-9(14)7-11(13)16/h6-8H,3-5,16H2,1-2H3,(H,17,18). The lowest BCUT2D eigenvalue weighted by Crippen LogP contribution is -2.20. The minimum absolute atomic E-state index is 0.0259. The Labute approximate surface area is 134 Å². The number of carbonyl (C=O) groups is 1. The summed E-state index contributed by atoms with van der Waals surface area (Å²) in [5, 5.41) is 2.74. The summed E-state index contributed by atoms with van der Waals surface area (Å²) in [5.41, 5.74) is 6.28. The zero-order valence-electron chi connectivity index (χ0n) is 11.8. The Morgan fingerprint density at radius 1 is 1.33 bits per heavy atom. The van der Waals surface area contributed by atoms with E-state index in [2.05, 4.69) is 5.32 Å². The first-order chi connectivity index (χ1) is 9.63. The third kappa shape index (κ3) is 5.37. The van der Waals surface area contributed by atoms with Crippen molar-refractivity contribution >= 4 is 50.3 Å². The van der Waals surface area contributed by atoms with E-state index >= 15 is 0 Å². The maximum atomic E-state index is 11.8. The lowest BCUT2D eigenvalue weighted by Gasteiger charge is -2.11. The molecular weight excluding hydrogens is 335 g/mol. The second-order valence-corrected chi connectivity index (χ2v) is 8.44. The van der Waals surface area contributed by atoms with Gasteiger partial charge in [0.1, 0.15) is 0 Å². The SMILES string of the molecule is CC(C)S(=O)(=O)CCCC(=O)Nc1c(N)cc(Cl)cc1Cl. The second kappa shape index (κ2) is 7.33. The first-order valence-electron chi connectivity index (χ1n) is 6.39. The van der Waals surface area contributed by atoms with E-state index in [0.717, 1.165) is 0 Å². The number of carbonyl (C=O) groups excluding carboxylic acids is 1. The molecule has 0 saturated carbocycles. The summed E-state index contributed by atoms with van der Waals surface area (Å²) < 4.78 is 23.3. The van der Waals surface area contributed by atoms with Gasteiger partial charge in [-0.15, -0.1) is 0 Å². The summed E-state index contributed by atoms with van der Waals surface area (Å²) in [6, 6.07) is 2.95. The van der Waals surface area contributed by atoms with E-state index in [1.165, 1.54) is 12.1 Å². The van der Waals surface area contributed by atoms with Gasteiger partial charge in [-0.1, -0.05) is 23.2 Å². The van der Waals surface area contributed by atoms with Crippen molar-refractivity contribution in [2.75, 3.05) is 16.8 Å². The average Bonchev–Trinajstić information content (AvgIpc) is 2.33. The number of amides is 1. The Balaban J connectivity index is 2.60. The van der Waals surface area contributed by atoms with Gasteiger partial charge in [0.05, 0.1) is 27.4 Å². The molecule has 21 heavy (non-hydrogen) atoms. The maximum absolute atomic E-state index is 11.8. The van der Waals surface area contributed by atoms with Crippen molar-refractivity contribution < 1.29 is 13.2 Å². The van der Waals surface area contributed by atoms with Gasteiger partial charge in [-0.2, -0.15) is 0 Å². The third-order valence-electron chi connectivity index (χ3n) is 2.90. The van der Waals surface area contributed by atoms with Gasteiger partial charge in [-0.3, -0.25) is 4.79 Å². The van der Waals surface area contributed by atoms with Gasteiger partial charge in [-0.05, 0) is 32.4 Å². The average molecular weight is 353 g/mol. The highest BCUT2D eigenvalue weighted by Gasteiger charge is 2.17. The first kappa shape index (κ1) is 18.1. The van der Waals surface area contributed by atoms with Gasteiger partial charge in [0.25, 0.3) is 0 Å². The molecule has 0 atom stereocenters. The fourth-order valence-corrected chi connectivity index (χ4v) is 3.17. The van der Waals surface area contributed by atoms with Crippen LogP contribution in [0.25, 0.3) is 0 Å². The molecule has 5 nitrogen and oxygen atoms in total. The van der Waals surface area contributed by atoms with Crippen LogP contribution >= 0.6 is 23.2 Å². The first-order valence-corrected chi connectivity index (χ1v) is 8.86. The van der Waals surface area contributed by atoms with Gasteiger partial charge in [-0.25, -0.2) is 8.42 Å². The topological polar surface area (TPSA) is 89.3 Å². The van der Waals surface area contributed by atoms with E-state index in [1.807, 2.05) is 0 Å². The predicted molar refractivity (Wildman–Crippen MR) is 87.7 cm³/mol. The Kier molecular flexibility index (Phi) is 6.31. The lowest BCUT2D eigenvalue weighted by atomic mass is 10.2. The van der Waals surface area contributed by atoms with Crippen LogP contribution in [-0.2, 0) is 14.6 Å². The Morgan fingerprint density at radius 2 is 1.95 bits per heavy atom. The lowest BCUT2D eigenvalue weighted by molar-refractivity contribution is -0.116. The number of rotatable bonds is 6. The van der Waals surface area contributed by atoms with Crippen LogP contribution in [0.1, 0.15) is 26.7 Å². The van der Waals surface area contributed by atoms with Gasteiger partial charge in [0.2, 0.25) is 5.91 Å². The molecule has 0 spiro atoms. The van der Waals surface area contributed by atoms with Crippen LogP contribution in [-0.4, -0.2) is 25.3 Å². The number of halogens is 2. The minimum atomic E-state index is -3.14. The fourth-order valence-electron chi connectivity index (χ4n) is 1.60. The van der Waals surface area contributed by atoms with E-state index in [9.17, 15) is 13.2 Å². The molecule has 0 fully saturated rings. The molecule has 3 N–H and O–H groups in total. The number of hydrogen-bond donors (Lipinski definition) is 2. The minimum Gasteiger partial charge on any atom is -0.397 e. The van der Waals surface area contributed by atoms with Crippen molar-refractivity contribution in [1.82, 2.24) is 0 Å². The molecule has 0 bridgehead atoms. The van der Waals surface area contributed by atoms with Crippen molar-refractivity contribution in [3.63, 3.8) is 0 Å². The number of nitrogen functional groups attached to an aromatic ring is 1. The molecule has 0 unspecified atom stereocenters. The van der Waals surface area contributed by atoms with Gasteiger partial charge < -0.3 is 11.1 Å². The third-order valence-corrected chi connectivity index (χ3v) is 5.71. The number of benzene rings is 1. The van der Waals surface area contributed by atoms with Crippen molar-refractivity contribution in [3.05, 3.63) is 22.2 Å². The molecule has 1 amide bonds. The largest absolute Gasteiger partial charge is 0.397 e. The summed E-state index contributed by atoms with van der Waals surface area (Å²) >= 11 is 11.7. The highest BCUT2D eigenvalue weighted by atomic mass is 35.5. The summed E-state index contributed by atoms with van der Waals surface area (Å²) in [4.78, 5) is 11.8. The van der Waals surface area contributed by atoms with Crippen LogP contribution < -0.4 is 11.1 Å². The van der Waals surface area contributed by atoms with Crippen molar-refractivity contribution in [1.29, 1.82) is 0 Å². The van der Waals surface area contributed by atoms with E-state index in [1.54, 1.807) is 13.8 Å². The smallest absolute Gasteiger partial charge is 0.224 e. The van der Waals surface area contributed by atoms with Crippen LogP contribution in [0.2, 0.25) is 10.0 Å². The molecule has 0 saturated heterocycles. The molecule has 0 aliphatic heterocycles. The van der Waals surface area contributed by atoms with Gasteiger partial charge in [0, 0.05) is 11.4 Å². The van der Waals surface area contributed by atoms with Crippen LogP contribution in [0.15, 0.2) is 12.1 Å². The van der Waals surface area contributed by atoms with Gasteiger partial charge >= 0.3 is 0 Å². The number of sulfone groups is 1. The van der Waals surface area contributed by atoms with Crippen LogP contribution in [0.5, 0.6) is 0 Å². The van der Waals surface area contributed by atoms with Crippen LogP contribution in [0.4, 0.5) is 11.4 Å². The maximum Gasteiger partial charge on any atom is 0.224 e. The molecule has 1 rings (SSSR count). The summed E-state index contributed by atoms with van der Waals surface area (Å²) in [6.45, 7) is 3.23. The molecule has 0 aliphatic rings. The highest BCUT2D eigenvalue weighted by molar-refractivity contribution is 7.91. The van der Waals surface area contributed by atoms with E-state index in [-0.39, 0.29) is 40.9 Å². The number of nitrogens with one attached hydrogen (secondary N) is 1. The molecule has 0 aliphatic carbocycles.